The number of fused-ring (bicyclic) bond motifs is 1. The molecule has 0 saturated heterocycles. The summed E-state index contributed by atoms with van der Waals surface area (Å²) in [5, 5.41) is 3.04. The average molecular weight is 489 g/mol. The Hall–Kier alpha value is -4.00. The maximum absolute atomic E-state index is 13.6. The van der Waals surface area contributed by atoms with Crippen LogP contribution in [0.25, 0.3) is 0 Å². The summed E-state index contributed by atoms with van der Waals surface area (Å²) in [6.45, 7) is 2.82. The van der Waals surface area contributed by atoms with Crippen molar-refractivity contribution in [3.8, 4) is 17.2 Å². The van der Waals surface area contributed by atoms with E-state index in [4.69, 9.17) is 14.2 Å². The molecule has 0 aliphatic carbocycles. The van der Waals surface area contributed by atoms with Gasteiger partial charge < -0.3 is 24.4 Å². The summed E-state index contributed by atoms with van der Waals surface area (Å²) >= 11 is 0. The standard InChI is InChI=1S/C29H32N2O5/c1-3-7-28(32)31(19-22-10-13-24(34-2)14-11-22)25(16-21-8-5-4-6-9-21)29(33)30-18-23-12-15-26-27(17-23)36-20-35-26/h4-6,8-15,17,25H,3,7,16,18-20H2,1-2H3,(H,30,33). The van der Waals surface area contributed by atoms with Crippen molar-refractivity contribution in [1.29, 1.82) is 0 Å². The van der Waals surface area contributed by atoms with Gasteiger partial charge in [0.25, 0.3) is 0 Å². The molecule has 0 aromatic heterocycles. The van der Waals surface area contributed by atoms with Crippen molar-refractivity contribution < 1.29 is 23.8 Å². The maximum atomic E-state index is 13.6. The number of carbonyl (C=O) groups is 2. The first-order valence-electron chi connectivity index (χ1n) is 12.2. The Labute approximate surface area is 212 Å². The van der Waals surface area contributed by atoms with E-state index in [1.54, 1.807) is 12.0 Å². The predicted octanol–water partition coefficient (Wildman–Crippen LogP) is 4.48. The van der Waals surface area contributed by atoms with Crippen molar-refractivity contribution >= 4 is 11.8 Å². The quantitative estimate of drug-likeness (QED) is 0.431. The molecule has 1 heterocycles. The van der Waals surface area contributed by atoms with E-state index in [9.17, 15) is 9.59 Å². The molecule has 1 atom stereocenters. The molecule has 7 heteroatoms. The van der Waals surface area contributed by atoms with Crippen LogP contribution in [0.3, 0.4) is 0 Å². The summed E-state index contributed by atoms with van der Waals surface area (Å²) in [5.41, 5.74) is 2.82. The first-order valence-corrected chi connectivity index (χ1v) is 12.2. The fraction of sp³-hybridized carbons (Fsp3) is 0.310. The first kappa shape index (κ1) is 25.1. The minimum Gasteiger partial charge on any atom is -0.497 e. The normalized spacial score (nSPS) is 12.6. The van der Waals surface area contributed by atoms with E-state index >= 15 is 0 Å². The second kappa shape index (κ2) is 12.1. The lowest BCUT2D eigenvalue weighted by Gasteiger charge is -2.31. The Morgan fingerprint density at radius 2 is 1.67 bits per heavy atom. The second-order valence-electron chi connectivity index (χ2n) is 8.73. The fourth-order valence-electron chi connectivity index (χ4n) is 4.20. The zero-order valence-electron chi connectivity index (χ0n) is 20.7. The molecule has 1 aliphatic heterocycles. The number of benzene rings is 3. The van der Waals surface area contributed by atoms with Gasteiger partial charge in [-0.15, -0.1) is 0 Å². The van der Waals surface area contributed by atoms with Crippen LogP contribution in [-0.2, 0) is 29.1 Å². The Morgan fingerprint density at radius 1 is 0.944 bits per heavy atom. The molecule has 0 bridgehead atoms. The molecule has 0 fully saturated rings. The van der Waals surface area contributed by atoms with Gasteiger partial charge >= 0.3 is 0 Å². The molecular formula is C29H32N2O5. The van der Waals surface area contributed by atoms with Crippen molar-refractivity contribution in [3.63, 3.8) is 0 Å². The predicted molar refractivity (Wildman–Crippen MR) is 137 cm³/mol. The highest BCUT2D eigenvalue weighted by molar-refractivity contribution is 5.88. The van der Waals surface area contributed by atoms with Crippen LogP contribution < -0.4 is 19.5 Å². The van der Waals surface area contributed by atoms with Crippen LogP contribution in [0.1, 0.15) is 36.5 Å². The molecule has 3 aromatic rings. The summed E-state index contributed by atoms with van der Waals surface area (Å²) in [5.74, 6) is 1.86. The molecule has 36 heavy (non-hydrogen) atoms. The third-order valence-electron chi connectivity index (χ3n) is 6.15. The van der Waals surface area contributed by atoms with Crippen LogP contribution in [-0.4, -0.2) is 36.7 Å². The van der Waals surface area contributed by atoms with Crippen molar-refractivity contribution in [2.24, 2.45) is 0 Å². The third-order valence-corrected chi connectivity index (χ3v) is 6.15. The van der Waals surface area contributed by atoms with E-state index in [2.05, 4.69) is 5.32 Å². The topological polar surface area (TPSA) is 77.1 Å². The Balaban J connectivity index is 1.57. The van der Waals surface area contributed by atoms with Crippen LogP contribution in [0, 0.1) is 0 Å². The van der Waals surface area contributed by atoms with Crippen molar-refractivity contribution in [2.75, 3.05) is 13.9 Å². The van der Waals surface area contributed by atoms with Gasteiger partial charge in [-0.2, -0.15) is 0 Å². The molecule has 7 nitrogen and oxygen atoms in total. The van der Waals surface area contributed by atoms with Crippen molar-refractivity contribution in [1.82, 2.24) is 10.2 Å². The van der Waals surface area contributed by atoms with Crippen LogP contribution in [0.2, 0.25) is 0 Å². The number of nitrogens with one attached hydrogen (secondary N) is 1. The van der Waals surface area contributed by atoms with Crippen LogP contribution >= 0.6 is 0 Å². The minimum atomic E-state index is -0.664. The lowest BCUT2D eigenvalue weighted by atomic mass is 10.0. The SMILES string of the molecule is CCCC(=O)N(Cc1ccc(OC)cc1)C(Cc1ccccc1)C(=O)NCc1ccc2c(c1)OCO2. The lowest BCUT2D eigenvalue weighted by molar-refractivity contribution is -0.141. The summed E-state index contributed by atoms with van der Waals surface area (Å²) in [4.78, 5) is 28.6. The number of nitrogens with zero attached hydrogens (tertiary/aromatic N) is 1. The second-order valence-corrected chi connectivity index (χ2v) is 8.73. The summed E-state index contributed by atoms with van der Waals surface area (Å²) in [7, 11) is 1.62. The molecule has 0 spiro atoms. The molecule has 1 aliphatic rings. The molecule has 1 unspecified atom stereocenters. The smallest absolute Gasteiger partial charge is 0.243 e. The van der Waals surface area contributed by atoms with Gasteiger partial charge in [-0.05, 0) is 47.4 Å². The van der Waals surface area contributed by atoms with Gasteiger partial charge in [0.15, 0.2) is 11.5 Å². The summed E-state index contributed by atoms with van der Waals surface area (Å²) in [6, 6.07) is 22.3. The Morgan fingerprint density at radius 3 is 2.39 bits per heavy atom. The van der Waals surface area contributed by atoms with E-state index in [0.29, 0.717) is 43.9 Å². The minimum absolute atomic E-state index is 0.0486. The number of carbonyl (C=O) groups excluding carboxylic acids is 2. The Kier molecular flexibility index (Phi) is 8.44. The van der Waals surface area contributed by atoms with Gasteiger partial charge in [-0.25, -0.2) is 0 Å². The van der Waals surface area contributed by atoms with Crippen molar-refractivity contribution in [2.45, 2.75) is 45.3 Å². The molecular weight excluding hydrogens is 456 g/mol. The van der Waals surface area contributed by atoms with Crippen LogP contribution in [0.5, 0.6) is 17.2 Å². The molecule has 4 rings (SSSR count). The summed E-state index contributed by atoms with van der Waals surface area (Å²) < 4.78 is 16.1. The monoisotopic (exact) mass is 488 g/mol. The van der Waals surface area contributed by atoms with Gasteiger partial charge in [0, 0.05) is 25.9 Å². The van der Waals surface area contributed by atoms with Gasteiger partial charge in [0.05, 0.1) is 7.11 Å². The largest absolute Gasteiger partial charge is 0.497 e. The highest BCUT2D eigenvalue weighted by Crippen LogP contribution is 2.32. The molecule has 1 N–H and O–H groups in total. The van der Waals surface area contributed by atoms with E-state index in [0.717, 1.165) is 22.4 Å². The van der Waals surface area contributed by atoms with Gasteiger partial charge in [-0.3, -0.25) is 9.59 Å². The van der Waals surface area contributed by atoms with E-state index in [1.165, 1.54) is 0 Å². The zero-order chi connectivity index (χ0) is 25.3. The Bertz CT molecular complexity index is 1160. The number of amides is 2. The van der Waals surface area contributed by atoms with Crippen LogP contribution in [0.15, 0.2) is 72.8 Å². The number of rotatable bonds is 11. The summed E-state index contributed by atoms with van der Waals surface area (Å²) in [6.07, 6.45) is 1.49. The zero-order valence-corrected chi connectivity index (χ0v) is 20.7. The molecule has 3 aromatic carbocycles. The highest BCUT2D eigenvalue weighted by atomic mass is 16.7. The average Bonchev–Trinajstić information content (AvgIpc) is 3.38. The van der Waals surface area contributed by atoms with E-state index < -0.39 is 6.04 Å². The fourth-order valence-corrected chi connectivity index (χ4v) is 4.20. The number of hydrogen-bond acceptors (Lipinski definition) is 5. The molecule has 188 valence electrons. The molecule has 0 saturated carbocycles. The highest BCUT2D eigenvalue weighted by Gasteiger charge is 2.30. The van der Waals surface area contributed by atoms with E-state index in [1.807, 2.05) is 79.7 Å². The number of methoxy groups -OCH3 is 1. The number of hydrogen-bond donors (Lipinski definition) is 1. The first-order chi connectivity index (χ1) is 17.6. The van der Waals surface area contributed by atoms with Gasteiger partial charge in [0.2, 0.25) is 18.6 Å². The van der Waals surface area contributed by atoms with E-state index in [-0.39, 0.29) is 18.6 Å². The van der Waals surface area contributed by atoms with Gasteiger partial charge in [0.1, 0.15) is 11.8 Å². The lowest BCUT2D eigenvalue weighted by Crippen LogP contribution is -2.50. The number of ether oxygens (including phenoxy) is 3. The van der Waals surface area contributed by atoms with Crippen LogP contribution in [0.4, 0.5) is 0 Å². The van der Waals surface area contributed by atoms with Gasteiger partial charge in [-0.1, -0.05) is 55.5 Å². The van der Waals surface area contributed by atoms with Crippen molar-refractivity contribution in [3.05, 3.63) is 89.5 Å². The third kappa shape index (κ3) is 6.36. The molecule has 0 radical (unpaired) electrons. The maximum Gasteiger partial charge on any atom is 0.243 e. The molecule has 2 amide bonds.